The number of likely N-dealkylation sites (tertiary alicyclic amines) is 1. The predicted octanol–water partition coefficient (Wildman–Crippen LogP) is 1.77. The van der Waals surface area contributed by atoms with E-state index in [2.05, 4.69) is 17.0 Å². The maximum atomic E-state index is 11.8. The first-order valence-electron chi connectivity index (χ1n) is 8.81. The van der Waals surface area contributed by atoms with Gasteiger partial charge in [-0.3, -0.25) is 9.69 Å². The van der Waals surface area contributed by atoms with Crippen molar-refractivity contribution in [3.63, 3.8) is 0 Å². The molecule has 2 aliphatic rings. The van der Waals surface area contributed by atoms with Gasteiger partial charge in [0.1, 0.15) is 0 Å². The summed E-state index contributed by atoms with van der Waals surface area (Å²) in [6.07, 6.45) is 1.91. The van der Waals surface area contributed by atoms with Crippen LogP contribution in [0.1, 0.15) is 18.4 Å². The van der Waals surface area contributed by atoms with E-state index in [1.807, 2.05) is 18.2 Å². The highest BCUT2D eigenvalue weighted by molar-refractivity contribution is 5.76. The number of ether oxygens (including phenoxy) is 2. The Hall–Kier alpha value is -1.43. The number of carbonyl (C=O) groups excluding carboxylic acids is 1. The first-order valence-corrected chi connectivity index (χ1v) is 8.81. The van der Waals surface area contributed by atoms with Crippen LogP contribution in [-0.2, 0) is 20.9 Å². The smallest absolute Gasteiger partial charge is 0.224 e. The number of hydrogen-bond donors (Lipinski definition) is 0. The van der Waals surface area contributed by atoms with E-state index in [1.165, 1.54) is 5.56 Å². The Morgan fingerprint density at radius 3 is 2.79 bits per heavy atom. The van der Waals surface area contributed by atoms with Crippen molar-refractivity contribution in [3.8, 4) is 0 Å². The molecular weight excluding hydrogens is 304 g/mol. The van der Waals surface area contributed by atoms with Crippen LogP contribution in [0.4, 0.5) is 0 Å². The van der Waals surface area contributed by atoms with Crippen molar-refractivity contribution >= 4 is 5.91 Å². The van der Waals surface area contributed by atoms with E-state index in [0.29, 0.717) is 25.0 Å². The van der Waals surface area contributed by atoms with E-state index in [4.69, 9.17) is 9.47 Å². The van der Waals surface area contributed by atoms with Crippen molar-refractivity contribution in [3.05, 3.63) is 35.9 Å². The average molecular weight is 332 g/mol. The summed E-state index contributed by atoms with van der Waals surface area (Å²) in [5.41, 5.74) is 1.22. The normalized spacial score (nSPS) is 26.5. The lowest BCUT2D eigenvalue weighted by Gasteiger charge is -2.19. The third-order valence-electron chi connectivity index (χ3n) is 4.95. The molecule has 0 aromatic heterocycles. The summed E-state index contributed by atoms with van der Waals surface area (Å²) in [5.74, 6) is 0.727. The van der Waals surface area contributed by atoms with Crippen LogP contribution in [0.3, 0.4) is 0 Å². The molecule has 5 nitrogen and oxygen atoms in total. The number of rotatable bonds is 7. The lowest BCUT2D eigenvalue weighted by atomic mass is 10.0. The van der Waals surface area contributed by atoms with Gasteiger partial charge in [0.05, 0.1) is 31.8 Å². The predicted molar refractivity (Wildman–Crippen MR) is 92.6 cm³/mol. The molecule has 24 heavy (non-hydrogen) atoms. The quantitative estimate of drug-likeness (QED) is 0.714. The molecule has 2 saturated heterocycles. The lowest BCUT2D eigenvalue weighted by Crippen LogP contribution is -2.30. The summed E-state index contributed by atoms with van der Waals surface area (Å²) in [7, 11) is 3.60. The Kier molecular flexibility index (Phi) is 5.87. The van der Waals surface area contributed by atoms with E-state index in [1.54, 1.807) is 19.0 Å². The number of hydrogen-bond acceptors (Lipinski definition) is 4. The number of carbonyl (C=O) groups is 1. The molecule has 0 radical (unpaired) electrons. The molecule has 2 heterocycles. The molecule has 0 spiro atoms. The molecular formula is C19H28N2O3. The van der Waals surface area contributed by atoms with Gasteiger partial charge >= 0.3 is 0 Å². The average Bonchev–Trinajstić information content (AvgIpc) is 3.10. The highest BCUT2D eigenvalue weighted by atomic mass is 16.5. The molecule has 3 atom stereocenters. The molecule has 0 bridgehead atoms. The van der Waals surface area contributed by atoms with Crippen LogP contribution in [0.2, 0.25) is 0 Å². The minimum atomic E-state index is 0.103. The van der Waals surface area contributed by atoms with Gasteiger partial charge in [-0.25, -0.2) is 0 Å². The minimum absolute atomic E-state index is 0.103. The van der Waals surface area contributed by atoms with Crippen molar-refractivity contribution < 1.29 is 14.3 Å². The van der Waals surface area contributed by atoms with Crippen molar-refractivity contribution in [1.82, 2.24) is 9.80 Å². The monoisotopic (exact) mass is 332 g/mol. The summed E-state index contributed by atoms with van der Waals surface area (Å²) in [6, 6.07) is 10.3. The summed E-state index contributed by atoms with van der Waals surface area (Å²) in [4.78, 5) is 15.9. The van der Waals surface area contributed by atoms with Gasteiger partial charge in [0.2, 0.25) is 5.91 Å². The molecule has 0 N–H and O–H groups in total. The first-order chi connectivity index (χ1) is 11.6. The van der Waals surface area contributed by atoms with Crippen LogP contribution in [0, 0.1) is 5.92 Å². The summed E-state index contributed by atoms with van der Waals surface area (Å²) in [6.45, 7) is 4.40. The number of fused-ring (bicyclic) bond motifs is 1. The molecule has 2 fully saturated rings. The van der Waals surface area contributed by atoms with Crippen molar-refractivity contribution in [2.75, 3.05) is 40.3 Å². The summed E-state index contributed by atoms with van der Waals surface area (Å²) < 4.78 is 11.9. The molecule has 1 aromatic carbocycles. The van der Waals surface area contributed by atoms with Gasteiger partial charge in [-0.05, 0) is 12.0 Å². The highest BCUT2D eigenvalue weighted by Crippen LogP contribution is 2.34. The van der Waals surface area contributed by atoms with Crippen molar-refractivity contribution in [2.24, 2.45) is 5.92 Å². The zero-order valence-corrected chi connectivity index (χ0v) is 14.7. The molecule has 0 unspecified atom stereocenters. The lowest BCUT2D eigenvalue weighted by molar-refractivity contribution is -0.131. The zero-order valence-electron chi connectivity index (χ0n) is 14.7. The van der Waals surface area contributed by atoms with E-state index in [0.717, 1.165) is 32.7 Å². The maximum Gasteiger partial charge on any atom is 0.224 e. The second-order valence-electron chi connectivity index (χ2n) is 7.08. The fraction of sp³-hybridized carbons (Fsp3) is 0.632. The van der Waals surface area contributed by atoms with Gasteiger partial charge in [0.15, 0.2) is 0 Å². The van der Waals surface area contributed by atoms with Gasteiger partial charge in [0.25, 0.3) is 0 Å². The van der Waals surface area contributed by atoms with Crippen LogP contribution in [0.15, 0.2) is 30.3 Å². The molecule has 5 heteroatoms. The number of benzene rings is 1. The molecule has 2 aliphatic heterocycles. The highest BCUT2D eigenvalue weighted by Gasteiger charge is 2.42. The molecule has 1 amide bonds. The van der Waals surface area contributed by atoms with Crippen molar-refractivity contribution in [2.45, 2.75) is 31.7 Å². The van der Waals surface area contributed by atoms with Crippen LogP contribution >= 0.6 is 0 Å². The van der Waals surface area contributed by atoms with Crippen LogP contribution < -0.4 is 0 Å². The van der Waals surface area contributed by atoms with E-state index >= 15 is 0 Å². The van der Waals surface area contributed by atoms with Crippen molar-refractivity contribution in [1.29, 1.82) is 0 Å². The van der Waals surface area contributed by atoms with E-state index < -0.39 is 0 Å². The Balaban J connectivity index is 1.32. The van der Waals surface area contributed by atoms with Gasteiger partial charge in [-0.1, -0.05) is 30.3 Å². The largest absolute Gasteiger partial charge is 0.375 e. The Bertz CT molecular complexity index is 521. The van der Waals surface area contributed by atoms with Gasteiger partial charge in [-0.15, -0.1) is 0 Å². The van der Waals surface area contributed by atoms with Gasteiger partial charge < -0.3 is 14.4 Å². The maximum absolute atomic E-state index is 11.8. The SMILES string of the molecule is CN(C)C(=O)C[C@@H]1C[C@@H]2CN(CCOCc3ccccc3)C[C@@H]2O1. The van der Waals surface area contributed by atoms with E-state index in [-0.39, 0.29) is 12.0 Å². The fourth-order valence-corrected chi connectivity index (χ4v) is 3.60. The minimum Gasteiger partial charge on any atom is -0.375 e. The topological polar surface area (TPSA) is 42.0 Å². The second kappa shape index (κ2) is 8.10. The third-order valence-corrected chi connectivity index (χ3v) is 4.95. The van der Waals surface area contributed by atoms with E-state index in [9.17, 15) is 4.79 Å². The molecule has 0 aliphatic carbocycles. The van der Waals surface area contributed by atoms with Crippen LogP contribution in [0.5, 0.6) is 0 Å². The van der Waals surface area contributed by atoms with Crippen LogP contribution in [0.25, 0.3) is 0 Å². The standard InChI is InChI=1S/C19H28N2O3/c1-20(2)19(22)11-17-10-16-12-21(13-18(16)24-17)8-9-23-14-15-6-4-3-5-7-15/h3-7,16-18H,8-14H2,1-2H3/t16-,17+,18+/m1/s1. The summed E-state index contributed by atoms with van der Waals surface area (Å²) >= 11 is 0. The third kappa shape index (κ3) is 4.56. The molecule has 3 rings (SSSR count). The van der Waals surface area contributed by atoms with Gasteiger partial charge in [-0.2, -0.15) is 0 Å². The van der Waals surface area contributed by atoms with Crippen LogP contribution in [-0.4, -0.2) is 68.3 Å². The number of amides is 1. The molecule has 1 aromatic rings. The molecule has 0 saturated carbocycles. The fourth-order valence-electron chi connectivity index (χ4n) is 3.60. The second-order valence-corrected chi connectivity index (χ2v) is 7.08. The summed E-state index contributed by atoms with van der Waals surface area (Å²) in [5, 5.41) is 0. The Morgan fingerprint density at radius 2 is 2.08 bits per heavy atom. The molecule has 132 valence electrons. The Labute approximate surface area is 144 Å². The zero-order chi connectivity index (χ0) is 16.9. The number of nitrogens with zero attached hydrogens (tertiary/aromatic N) is 2. The van der Waals surface area contributed by atoms with Gasteiger partial charge in [0, 0.05) is 39.6 Å². The Morgan fingerprint density at radius 1 is 1.29 bits per heavy atom. The first kappa shape index (κ1) is 17.4.